The zero-order valence-corrected chi connectivity index (χ0v) is 10.1. The van der Waals surface area contributed by atoms with Crippen molar-refractivity contribution in [3.63, 3.8) is 0 Å². The molecule has 1 unspecified atom stereocenters. The number of hydrogen-bond donors (Lipinski definition) is 2. The van der Waals surface area contributed by atoms with Crippen LogP contribution in [0.15, 0.2) is 5.16 Å². The fraction of sp³-hybridized carbons (Fsp3) is 0.800. The fourth-order valence-electron chi connectivity index (χ4n) is 1.14. The van der Waals surface area contributed by atoms with Crippen LogP contribution in [0.1, 0.15) is 26.7 Å². The molecule has 0 aliphatic rings. The molecule has 0 aromatic heterocycles. The molecule has 0 fully saturated rings. The van der Waals surface area contributed by atoms with E-state index in [0.29, 0.717) is 26.1 Å². The van der Waals surface area contributed by atoms with Crippen LogP contribution in [-0.4, -0.2) is 48.2 Å². The van der Waals surface area contributed by atoms with E-state index in [2.05, 4.69) is 5.16 Å². The summed E-state index contributed by atoms with van der Waals surface area (Å²) in [5.41, 5.74) is 5.41. The van der Waals surface area contributed by atoms with Crippen molar-refractivity contribution < 1.29 is 14.7 Å². The normalized spacial score (nSPS) is 13.6. The third-order valence-electron chi connectivity index (χ3n) is 2.40. The number of carbonyl (C=O) groups excluding carboxylic acids is 1. The summed E-state index contributed by atoms with van der Waals surface area (Å²) in [5, 5.41) is 11.4. The maximum absolute atomic E-state index is 11.6. The van der Waals surface area contributed by atoms with Gasteiger partial charge in [-0.15, -0.1) is 0 Å². The molecule has 16 heavy (non-hydrogen) atoms. The van der Waals surface area contributed by atoms with E-state index in [1.165, 1.54) is 4.90 Å². The van der Waals surface area contributed by atoms with E-state index >= 15 is 0 Å². The lowest BCUT2D eigenvalue weighted by Gasteiger charge is -2.23. The summed E-state index contributed by atoms with van der Waals surface area (Å²) < 4.78 is 5.13. The largest absolute Gasteiger partial charge is 0.409 e. The highest BCUT2D eigenvalue weighted by atomic mass is 16.5. The van der Waals surface area contributed by atoms with Crippen molar-refractivity contribution in [2.75, 3.05) is 20.3 Å². The minimum atomic E-state index is -0.399. The van der Waals surface area contributed by atoms with Gasteiger partial charge in [0.2, 0.25) is 5.91 Å². The molecule has 0 saturated carbocycles. The standard InChI is InChI=1S/C10H21N3O3/c1-4-16-7-5-6-9(14)13(3)8(2)10(11)12-15/h8,15H,4-7H2,1-3H3,(H2,11,12). The molecule has 0 radical (unpaired) electrons. The summed E-state index contributed by atoms with van der Waals surface area (Å²) in [7, 11) is 1.63. The second kappa shape index (κ2) is 7.92. The lowest BCUT2D eigenvalue weighted by Crippen LogP contribution is -2.43. The molecule has 6 nitrogen and oxygen atoms in total. The molecule has 0 aliphatic carbocycles. The second-order valence-corrected chi connectivity index (χ2v) is 3.51. The topological polar surface area (TPSA) is 88.2 Å². The number of nitrogens with two attached hydrogens (primary N) is 1. The number of ether oxygens (including phenoxy) is 1. The average molecular weight is 231 g/mol. The van der Waals surface area contributed by atoms with E-state index in [1.807, 2.05) is 6.92 Å². The summed E-state index contributed by atoms with van der Waals surface area (Å²) in [6.07, 6.45) is 1.08. The highest BCUT2D eigenvalue weighted by Gasteiger charge is 2.18. The molecule has 0 saturated heterocycles. The maximum atomic E-state index is 11.6. The molecule has 0 aromatic carbocycles. The van der Waals surface area contributed by atoms with Gasteiger partial charge in [0.25, 0.3) is 0 Å². The number of amidine groups is 1. The van der Waals surface area contributed by atoms with Crippen LogP contribution in [0.4, 0.5) is 0 Å². The van der Waals surface area contributed by atoms with Gasteiger partial charge >= 0.3 is 0 Å². The van der Waals surface area contributed by atoms with E-state index < -0.39 is 6.04 Å². The van der Waals surface area contributed by atoms with Crippen molar-refractivity contribution >= 4 is 11.7 Å². The SMILES string of the molecule is CCOCCCC(=O)N(C)C(C)C(N)=NO. The van der Waals surface area contributed by atoms with E-state index in [0.717, 1.165) is 0 Å². The van der Waals surface area contributed by atoms with Gasteiger partial charge in [0.05, 0.1) is 6.04 Å². The molecule has 0 rings (SSSR count). The van der Waals surface area contributed by atoms with Crippen molar-refractivity contribution in [3.05, 3.63) is 0 Å². The Labute approximate surface area is 96.0 Å². The van der Waals surface area contributed by atoms with Gasteiger partial charge in [-0.3, -0.25) is 4.79 Å². The number of oxime groups is 1. The number of amides is 1. The highest BCUT2D eigenvalue weighted by molar-refractivity contribution is 5.89. The summed E-state index contributed by atoms with van der Waals surface area (Å²) in [6.45, 7) is 4.85. The lowest BCUT2D eigenvalue weighted by atomic mass is 10.2. The smallest absolute Gasteiger partial charge is 0.223 e. The Morgan fingerprint density at radius 3 is 2.75 bits per heavy atom. The molecular weight excluding hydrogens is 210 g/mol. The third kappa shape index (κ3) is 4.97. The average Bonchev–Trinajstić information content (AvgIpc) is 2.31. The Bertz CT molecular complexity index is 243. The molecule has 0 aliphatic heterocycles. The first-order valence-electron chi connectivity index (χ1n) is 5.35. The minimum absolute atomic E-state index is 0.0284. The first-order chi connectivity index (χ1) is 7.54. The second-order valence-electron chi connectivity index (χ2n) is 3.51. The molecule has 1 amide bonds. The van der Waals surface area contributed by atoms with Gasteiger partial charge in [-0.1, -0.05) is 5.16 Å². The van der Waals surface area contributed by atoms with Crippen molar-refractivity contribution in [3.8, 4) is 0 Å². The van der Waals surface area contributed by atoms with E-state index in [9.17, 15) is 4.79 Å². The molecule has 0 aromatic rings. The van der Waals surface area contributed by atoms with Gasteiger partial charge in [0, 0.05) is 26.7 Å². The van der Waals surface area contributed by atoms with Gasteiger partial charge in [-0.25, -0.2) is 0 Å². The Morgan fingerprint density at radius 1 is 1.62 bits per heavy atom. The number of rotatable bonds is 7. The van der Waals surface area contributed by atoms with E-state index in [-0.39, 0.29) is 11.7 Å². The maximum Gasteiger partial charge on any atom is 0.223 e. The first-order valence-corrected chi connectivity index (χ1v) is 5.35. The van der Waals surface area contributed by atoms with Crippen LogP contribution in [-0.2, 0) is 9.53 Å². The van der Waals surface area contributed by atoms with Gasteiger partial charge in [-0.05, 0) is 20.3 Å². The number of nitrogens with zero attached hydrogens (tertiary/aromatic N) is 2. The Hall–Kier alpha value is -1.30. The van der Waals surface area contributed by atoms with Crippen LogP contribution in [0.2, 0.25) is 0 Å². The molecule has 0 spiro atoms. The van der Waals surface area contributed by atoms with Crippen LogP contribution in [0, 0.1) is 0 Å². The summed E-state index contributed by atoms with van der Waals surface area (Å²) in [4.78, 5) is 13.1. The Balaban J connectivity index is 3.98. The lowest BCUT2D eigenvalue weighted by molar-refractivity contribution is -0.131. The molecule has 6 heteroatoms. The Morgan fingerprint density at radius 2 is 2.25 bits per heavy atom. The fourth-order valence-corrected chi connectivity index (χ4v) is 1.14. The predicted molar refractivity (Wildman–Crippen MR) is 61.4 cm³/mol. The van der Waals surface area contributed by atoms with E-state index in [1.54, 1.807) is 14.0 Å². The number of carbonyl (C=O) groups is 1. The summed E-state index contributed by atoms with van der Waals surface area (Å²) in [5.74, 6) is -0.0144. The van der Waals surface area contributed by atoms with E-state index in [4.69, 9.17) is 15.7 Å². The van der Waals surface area contributed by atoms with Crippen LogP contribution < -0.4 is 5.73 Å². The summed E-state index contributed by atoms with van der Waals surface area (Å²) in [6, 6.07) is -0.399. The molecule has 0 heterocycles. The zero-order chi connectivity index (χ0) is 12.6. The molecule has 0 bridgehead atoms. The van der Waals surface area contributed by atoms with Crippen LogP contribution in [0.25, 0.3) is 0 Å². The van der Waals surface area contributed by atoms with Crippen LogP contribution >= 0.6 is 0 Å². The third-order valence-corrected chi connectivity index (χ3v) is 2.40. The number of likely N-dealkylation sites (N-methyl/N-ethyl adjacent to an activating group) is 1. The van der Waals surface area contributed by atoms with Gasteiger partial charge in [-0.2, -0.15) is 0 Å². The molecule has 1 atom stereocenters. The van der Waals surface area contributed by atoms with Crippen molar-refractivity contribution in [2.45, 2.75) is 32.7 Å². The summed E-state index contributed by atoms with van der Waals surface area (Å²) >= 11 is 0. The van der Waals surface area contributed by atoms with Gasteiger partial charge in [0.1, 0.15) is 0 Å². The predicted octanol–water partition coefficient (Wildman–Crippen LogP) is 0.396. The van der Waals surface area contributed by atoms with Crippen LogP contribution in [0.5, 0.6) is 0 Å². The highest BCUT2D eigenvalue weighted by Crippen LogP contribution is 2.02. The molecule has 94 valence electrons. The quantitative estimate of drug-likeness (QED) is 0.218. The molecular formula is C10H21N3O3. The monoisotopic (exact) mass is 231 g/mol. The minimum Gasteiger partial charge on any atom is -0.409 e. The first kappa shape index (κ1) is 14.7. The molecule has 3 N–H and O–H groups in total. The van der Waals surface area contributed by atoms with Crippen molar-refractivity contribution in [1.29, 1.82) is 0 Å². The Kier molecular flexibility index (Phi) is 7.28. The van der Waals surface area contributed by atoms with Gasteiger partial charge < -0.3 is 20.6 Å². The van der Waals surface area contributed by atoms with Gasteiger partial charge in [0.15, 0.2) is 5.84 Å². The van der Waals surface area contributed by atoms with Crippen LogP contribution in [0.3, 0.4) is 0 Å². The van der Waals surface area contributed by atoms with Crippen molar-refractivity contribution in [2.24, 2.45) is 10.9 Å². The number of hydrogen-bond acceptors (Lipinski definition) is 4. The van der Waals surface area contributed by atoms with Crippen molar-refractivity contribution in [1.82, 2.24) is 4.90 Å². The zero-order valence-electron chi connectivity index (χ0n) is 10.1.